The molecule has 4 heterocycles. The van der Waals surface area contributed by atoms with Gasteiger partial charge in [-0.05, 0) is 84.8 Å². The van der Waals surface area contributed by atoms with E-state index >= 15 is 8.78 Å². The maximum absolute atomic E-state index is 16.4. The van der Waals surface area contributed by atoms with Crippen molar-refractivity contribution in [2.24, 2.45) is 0 Å². The molecule has 0 aliphatic carbocycles. The van der Waals surface area contributed by atoms with E-state index in [1.807, 2.05) is 60.6 Å². The monoisotopic (exact) mass is 740 g/mol. The number of hydrogen-bond donors (Lipinski definition) is 2. The van der Waals surface area contributed by atoms with Crippen molar-refractivity contribution in [3.05, 3.63) is 135 Å². The third kappa shape index (κ3) is 6.35. The van der Waals surface area contributed by atoms with Gasteiger partial charge in [-0.1, -0.05) is 43.3 Å². The zero-order chi connectivity index (χ0) is 38.2. The Morgan fingerprint density at radius 3 is 1.98 bits per heavy atom. The van der Waals surface area contributed by atoms with Gasteiger partial charge in [0, 0.05) is 54.9 Å². The molecule has 54 heavy (non-hydrogen) atoms. The Bertz CT molecular complexity index is 2330. The number of hydrogen-bond acceptors (Lipinski definition) is 9. The zero-order valence-corrected chi connectivity index (χ0v) is 29.9. The lowest BCUT2D eigenvalue weighted by molar-refractivity contribution is -0.104. The molecule has 2 N–H and O–H groups in total. The average molecular weight is 741 g/mol. The molecule has 7 rings (SSSR count). The molecule has 0 saturated carbocycles. The molecule has 3 aromatic carbocycles. The van der Waals surface area contributed by atoms with E-state index in [0.717, 1.165) is 56.1 Å². The van der Waals surface area contributed by atoms with E-state index in [2.05, 4.69) is 30.3 Å². The highest BCUT2D eigenvalue weighted by Gasteiger charge is 2.58. The quantitative estimate of drug-likeness (QED) is 0.193. The minimum absolute atomic E-state index is 0.299. The first-order valence-corrected chi connectivity index (χ1v) is 17.6. The normalized spacial score (nSPS) is 15.9. The van der Waals surface area contributed by atoms with Gasteiger partial charge in [0.1, 0.15) is 17.8 Å². The highest BCUT2D eigenvalue weighted by atomic mass is 19.3. The molecule has 1 aliphatic heterocycles. The van der Waals surface area contributed by atoms with E-state index in [-0.39, 0.29) is 5.69 Å². The van der Waals surface area contributed by atoms with Gasteiger partial charge in [0.2, 0.25) is 0 Å². The Morgan fingerprint density at radius 2 is 1.44 bits per heavy atom. The van der Waals surface area contributed by atoms with Crippen LogP contribution in [0.4, 0.5) is 24.5 Å². The van der Waals surface area contributed by atoms with E-state index in [1.165, 1.54) is 52.1 Å². The van der Waals surface area contributed by atoms with E-state index in [4.69, 9.17) is 0 Å². The lowest BCUT2D eigenvalue weighted by Crippen LogP contribution is -2.52. The SMILES string of the molecule is CC[C@@H]([C@H](C)O)n1ncn(-c2ccc(N3CCN(c4ccc(-c5ccc(C(F)(F)C(C)(c6ccccc6F)n6nn[nH]c6=O)nc5)cc4)CC3)cc2)c1=O. The molecule has 280 valence electrons. The standard InChI is InChI=1S/C38H39F3N10O3/c1-4-33(25(2)52)50-36(54)49(24-43-50)30-16-14-29(15-17-30)48-21-19-47(20-22-48)28-12-9-26(10-13-28)27-11-18-34(42-23-27)38(40,41)37(3,51-35(53)44-45-46-51)31-7-5-6-8-32(31)39/h5-18,23-25,33,52H,4,19-22H2,1-3H3,(H,44,46,53)/t25-,33-,37?/m0/s1. The van der Waals surface area contributed by atoms with Crippen molar-refractivity contribution in [3.63, 3.8) is 0 Å². The number of piperazine rings is 1. The number of nitrogens with zero attached hydrogens (tertiary/aromatic N) is 9. The predicted octanol–water partition coefficient (Wildman–Crippen LogP) is 4.73. The summed E-state index contributed by atoms with van der Waals surface area (Å²) in [7, 11) is 0. The van der Waals surface area contributed by atoms with E-state index in [1.54, 1.807) is 6.92 Å². The summed E-state index contributed by atoms with van der Waals surface area (Å²) in [6.45, 7) is 7.68. The number of tetrazole rings is 1. The van der Waals surface area contributed by atoms with Gasteiger partial charge >= 0.3 is 17.3 Å². The van der Waals surface area contributed by atoms with Crippen molar-refractivity contribution < 1.29 is 18.3 Å². The van der Waals surface area contributed by atoms with Crippen molar-refractivity contribution in [1.82, 2.24) is 39.5 Å². The fourth-order valence-electron chi connectivity index (χ4n) is 7.11. The Kier molecular flexibility index (Phi) is 9.70. The summed E-state index contributed by atoms with van der Waals surface area (Å²) < 4.78 is 51.0. The molecule has 3 atom stereocenters. The predicted molar refractivity (Wildman–Crippen MR) is 197 cm³/mol. The summed E-state index contributed by atoms with van der Waals surface area (Å²) in [6.07, 6.45) is 2.69. The number of nitrogens with one attached hydrogen (secondary N) is 1. The minimum Gasteiger partial charge on any atom is -0.391 e. The Labute approximate surface area is 307 Å². The molecule has 1 fully saturated rings. The summed E-state index contributed by atoms with van der Waals surface area (Å²) in [5, 5.41) is 23.2. The van der Waals surface area contributed by atoms with Crippen LogP contribution in [0.5, 0.6) is 0 Å². The van der Waals surface area contributed by atoms with Crippen LogP contribution >= 0.6 is 0 Å². The van der Waals surface area contributed by atoms with Crippen LogP contribution in [0.25, 0.3) is 16.8 Å². The third-order valence-corrected chi connectivity index (χ3v) is 10.3. The van der Waals surface area contributed by atoms with Crippen LogP contribution in [0, 0.1) is 5.82 Å². The maximum atomic E-state index is 16.4. The highest BCUT2D eigenvalue weighted by molar-refractivity contribution is 5.66. The Balaban J connectivity index is 1.01. The van der Waals surface area contributed by atoms with Gasteiger partial charge in [0.15, 0.2) is 5.54 Å². The molecular formula is C38H39F3N10O3. The van der Waals surface area contributed by atoms with Crippen LogP contribution in [-0.2, 0) is 11.5 Å². The first-order valence-electron chi connectivity index (χ1n) is 17.6. The second kappa shape index (κ2) is 14.4. The molecule has 3 aromatic heterocycles. The average Bonchev–Trinajstić information content (AvgIpc) is 3.80. The number of alkyl halides is 2. The number of aliphatic hydroxyl groups excluding tert-OH is 1. The summed E-state index contributed by atoms with van der Waals surface area (Å²) in [5.41, 5.74) is -0.903. The van der Waals surface area contributed by atoms with Crippen molar-refractivity contribution >= 4 is 11.4 Å². The van der Waals surface area contributed by atoms with Crippen LogP contribution in [0.3, 0.4) is 0 Å². The molecule has 1 saturated heterocycles. The summed E-state index contributed by atoms with van der Waals surface area (Å²) in [5.74, 6) is -4.81. The molecule has 13 nitrogen and oxygen atoms in total. The van der Waals surface area contributed by atoms with Crippen LogP contribution in [0.15, 0.2) is 107 Å². The molecular weight excluding hydrogens is 701 g/mol. The van der Waals surface area contributed by atoms with Gasteiger partial charge < -0.3 is 14.9 Å². The van der Waals surface area contributed by atoms with Crippen molar-refractivity contribution in [2.45, 2.75) is 50.8 Å². The van der Waals surface area contributed by atoms with Crippen molar-refractivity contribution in [2.75, 3.05) is 36.0 Å². The molecule has 16 heteroatoms. The van der Waals surface area contributed by atoms with E-state index < -0.39 is 46.4 Å². The minimum atomic E-state index is -3.88. The number of aliphatic hydroxyl groups is 1. The van der Waals surface area contributed by atoms with Gasteiger partial charge in [0.05, 0.1) is 17.8 Å². The number of benzene rings is 3. The molecule has 0 spiro atoms. The number of pyridine rings is 1. The lowest BCUT2D eigenvalue weighted by atomic mass is 9.83. The van der Waals surface area contributed by atoms with Gasteiger partial charge in [-0.25, -0.2) is 28.3 Å². The van der Waals surface area contributed by atoms with Crippen molar-refractivity contribution in [3.8, 4) is 16.8 Å². The van der Waals surface area contributed by atoms with Gasteiger partial charge in [0.25, 0.3) is 0 Å². The summed E-state index contributed by atoms with van der Waals surface area (Å²) in [4.78, 5) is 34.1. The number of halogens is 3. The van der Waals surface area contributed by atoms with E-state index in [0.29, 0.717) is 22.4 Å². The van der Waals surface area contributed by atoms with E-state index in [9.17, 15) is 19.1 Å². The number of H-pyrrole nitrogens is 1. The van der Waals surface area contributed by atoms with Crippen LogP contribution in [0.1, 0.15) is 44.5 Å². The van der Waals surface area contributed by atoms with Gasteiger partial charge in [-0.3, -0.25) is 4.98 Å². The fourth-order valence-corrected chi connectivity index (χ4v) is 7.11. The molecule has 1 aliphatic rings. The van der Waals surface area contributed by atoms with Crippen LogP contribution in [0.2, 0.25) is 0 Å². The number of aromatic amines is 1. The van der Waals surface area contributed by atoms with Crippen LogP contribution < -0.4 is 21.2 Å². The molecule has 1 unspecified atom stereocenters. The van der Waals surface area contributed by atoms with Crippen LogP contribution in [-0.4, -0.2) is 76.9 Å². The second-order valence-corrected chi connectivity index (χ2v) is 13.5. The molecule has 0 amide bonds. The Morgan fingerprint density at radius 1 is 0.852 bits per heavy atom. The summed E-state index contributed by atoms with van der Waals surface area (Å²) in [6, 6.07) is 22.8. The third-order valence-electron chi connectivity index (χ3n) is 10.3. The zero-order valence-electron chi connectivity index (χ0n) is 29.9. The number of rotatable bonds is 11. The molecule has 0 radical (unpaired) electrons. The Hall–Kier alpha value is -6.03. The van der Waals surface area contributed by atoms with Gasteiger partial charge in [-0.15, -0.1) is 0 Å². The number of anilines is 2. The molecule has 6 aromatic rings. The maximum Gasteiger partial charge on any atom is 0.362 e. The first kappa shape index (κ1) is 36.3. The van der Waals surface area contributed by atoms with Crippen molar-refractivity contribution in [1.29, 1.82) is 0 Å². The smallest absolute Gasteiger partial charge is 0.362 e. The summed E-state index contributed by atoms with van der Waals surface area (Å²) >= 11 is 0. The lowest BCUT2D eigenvalue weighted by Gasteiger charge is -2.37. The highest BCUT2D eigenvalue weighted by Crippen LogP contribution is 2.47. The second-order valence-electron chi connectivity index (χ2n) is 13.5. The molecule has 0 bridgehead atoms. The largest absolute Gasteiger partial charge is 0.391 e. The number of aromatic nitrogens is 8. The fraction of sp³-hybridized carbons (Fsp3) is 0.316. The first-order chi connectivity index (χ1) is 25.9. The topological polar surface area (TPSA) is 143 Å². The van der Waals surface area contributed by atoms with Gasteiger partial charge in [-0.2, -0.15) is 18.6 Å².